The molecule has 1 aromatic carbocycles. The van der Waals surface area contributed by atoms with Crippen molar-refractivity contribution in [1.82, 2.24) is 24.6 Å². The second-order valence-electron chi connectivity index (χ2n) is 10.3. The molecule has 8 nitrogen and oxygen atoms in total. The summed E-state index contributed by atoms with van der Waals surface area (Å²) in [6.07, 6.45) is 7.56. The van der Waals surface area contributed by atoms with E-state index in [1.807, 2.05) is 10.9 Å². The summed E-state index contributed by atoms with van der Waals surface area (Å²) in [5.74, 6) is 0.999. The molecule has 1 aliphatic carbocycles. The predicted octanol–water partition coefficient (Wildman–Crippen LogP) is 4.20. The van der Waals surface area contributed by atoms with Gasteiger partial charge in [-0.15, -0.1) is 0 Å². The van der Waals surface area contributed by atoms with Gasteiger partial charge < -0.3 is 15.2 Å². The van der Waals surface area contributed by atoms with Crippen LogP contribution in [0.1, 0.15) is 55.7 Å². The maximum Gasteiger partial charge on any atom is 0.227 e. The topological polar surface area (TPSA) is 88.3 Å². The van der Waals surface area contributed by atoms with Crippen LogP contribution in [0, 0.1) is 6.92 Å². The molecular formula is C25H31ClN6O2. The molecule has 2 N–H and O–H groups in total. The number of benzene rings is 1. The molecule has 2 saturated heterocycles. The van der Waals surface area contributed by atoms with Crippen molar-refractivity contribution in [1.29, 1.82) is 0 Å². The van der Waals surface area contributed by atoms with Crippen LogP contribution in [0.5, 0.6) is 0 Å². The van der Waals surface area contributed by atoms with Crippen molar-refractivity contribution in [3.63, 3.8) is 0 Å². The van der Waals surface area contributed by atoms with Gasteiger partial charge in [0.05, 0.1) is 48.3 Å². The van der Waals surface area contributed by atoms with Gasteiger partial charge in [0.15, 0.2) is 5.15 Å². The van der Waals surface area contributed by atoms with Crippen LogP contribution in [0.2, 0.25) is 5.15 Å². The number of rotatable bonds is 5. The molecule has 0 bridgehead atoms. The fraction of sp³-hybridized carbons (Fsp3) is 0.560. The van der Waals surface area contributed by atoms with Crippen LogP contribution < -0.4 is 5.32 Å². The maximum atomic E-state index is 10.4. The van der Waals surface area contributed by atoms with Crippen LogP contribution >= 0.6 is 11.6 Å². The van der Waals surface area contributed by atoms with Gasteiger partial charge in [0.2, 0.25) is 5.95 Å². The number of aliphatic hydroxyl groups excluding tert-OH is 1. The molecule has 1 saturated carbocycles. The number of piperidine rings is 1. The molecule has 0 spiro atoms. The highest BCUT2D eigenvalue weighted by Gasteiger charge is 2.45. The Bertz CT molecular complexity index is 1220. The molecule has 0 amide bonds. The molecule has 1 unspecified atom stereocenters. The molecule has 2 aromatic heterocycles. The van der Waals surface area contributed by atoms with Crippen molar-refractivity contribution < 1.29 is 9.84 Å². The number of aromatic nitrogens is 4. The van der Waals surface area contributed by atoms with Crippen molar-refractivity contribution in [3.8, 4) is 0 Å². The third kappa shape index (κ3) is 3.86. The molecule has 34 heavy (non-hydrogen) atoms. The summed E-state index contributed by atoms with van der Waals surface area (Å²) in [6.45, 7) is 7.25. The van der Waals surface area contributed by atoms with Crippen molar-refractivity contribution in [3.05, 3.63) is 40.8 Å². The first-order chi connectivity index (χ1) is 16.4. The highest BCUT2D eigenvalue weighted by Crippen LogP contribution is 2.39. The Morgan fingerprint density at radius 2 is 1.97 bits per heavy atom. The van der Waals surface area contributed by atoms with E-state index in [0.717, 1.165) is 55.4 Å². The van der Waals surface area contributed by atoms with Gasteiger partial charge >= 0.3 is 0 Å². The normalized spacial score (nSPS) is 26.4. The van der Waals surface area contributed by atoms with E-state index in [2.05, 4.69) is 46.3 Å². The number of aliphatic hydroxyl groups is 1. The summed E-state index contributed by atoms with van der Waals surface area (Å²) in [5, 5.41) is 19.7. The minimum atomic E-state index is -0.418. The van der Waals surface area contributed by atoms with E-state index in [-0.39, 0.29) is 5.54 Å². The summed E-state index contributed by atoms with van der Waals surface area (Å²) < 4.78 is 7.43. The molecule has 2 aliphatic heterocycles. The van der Waals surface area contributed by atoms with E-state index in [9.17, 15) is 5.11 Å². The number of likely N-dealkylation sites (tertiary alicyclic amines) is 1. The minimum absolute atomic E-state index is 0.272. The smallest absolute Gasteiger partial charge is 0.227 e. The first-order valence-corrected chi connectivity index (χ1v) is 12.6. The Kier molecular flexibility index (Phi) is 5.52. The molecule has 3 fully saturated rings. The van der Waals surface area contributed by atoms with E-state index >= 15 is 0 Å². The average Bonchev–Trinajstić information content (AvgIpc) is 3.54. The lowest BCUT2D eigenvalue weighted by Gasteiger charge is -2.43. The number of ether oxygens (including phenoxy) is 1. The Labute approximate surface area is 204 Å². The van der Waals surface area contributed by atoms with Gasteiger partial charge in [-0.2, -0.15) is 5.10 Å². The molecule has 3 aliphatic rings. The molecule has 6 rings (SSSR count). The molecular weight excluding hydrogens is 452 g/mol. The highest BCUT2D eigenvalue weighted by atomic mass is 35.5. The zero-order valence-electron chi connectivity index (χ0n) is 19.7. The van der Waals surface area contributed by atoms with E-state index in [1.54, 1.807) is 6.20 Å². The molecule has 4 heterocycles. The van der Waals surface area contributed by atoms with Crippen LogP contribution in [-0.2, 0) is 4.74 Å². The van der Waals surface area contributed by atoms with Crippen molar-refractivity contribution in [2.24, 2.45) is 0 Å². The number of hydrogen-bond acceptors (Lipinski definition) is 7. The fourth-order valence-corrected chi connectivity index (χ4v) is 5.77. The standard InChI is InChI=1S/C25H31ClN6O2/c1-15-9-17-11-27-24(30-21-12-28-32(23(21)26)18-3-4-18)29-20(17)10-19(15)16-5-7-31(8-6-16)25(2)14-34-13-22(25)33/h9-12,16,18,22,33H,3-8,13-14H2,1-2H3,(H,27,29,30)/t22-,25?/m1/s1. The third-order valence-corrected chi connectivity index (χ3v) is 8.26. The van der Waals surface area contributed by atoms with Gasteiger partial charge in [0.1, 0.15) is 0 Å². The Balaban J connectivity index is 1.21. The number of hydrogen-bond donors (Lipinski definition) is 2. The molecule has 0 radical (unpaired) electrons. The lowest BCUT2D eigenvalue weighted by molar-refractivity contribution is -0.00214. The average molecular weight is 483 g/mol. The summed E-state index contributed by atoms with van der Waals surface area (Å²) in [7, 11) is 0. The summed E-state index contributed by atoms with van der Waals surface area (Å²) >= 11 is 6.51. The molecule has 3 aromatic rings. The van der Waals surface area contributed by atoms with E-state index in [4.69, 9.17) is 21.3 Å². The zero-order valence-corrected chi connectivity index (χ0v) is 20.4. The summed E-state index contributed by atoms with van der Waals surface area (Å²) in [6, 6.07) is 4.83. The predicted molar refractivity (Wildman–Crippen MR) is 132 cm³/mol. The number of aryl methyl sites for hydroxylation is 1. The second-order valence-corrected chi connectivity index (χ2v) is 10.6. The quantitative estimate of drug-likeness (QED) is 0.563. The van der Waals surface area contributed by atoms with Gasteiger partial charge in [-0.25, -0.2) is 14.6 Å². The van der Waals surface area contributed by atoms with Crippen molar-refractivity contribution >= 4 is 34.1 Å². The van der Waals surface area contributed by atoms with Crippen LogP contribution in [0.3, 0.4) is 0 Å². The lowest BCUT2D eigenvalue weighted by atomic mass is 9.84. The zero-order chi connectivity index (χ0) is 23.4. The van der Waals surface area contributed by atoms with E-state index in [0.29, 0.717) is 36.3 Å². The van der Waals surface area contributed by atoms with Gasteiger partial charge in [0.25, 0.3) is 0 Å². The van der Waals surface area contributed by atoms with Crippen molar-refractivity contribution in [2.75, 3.05) is 31.6 Å². The second kappa shape index (κ2) is 8.45. The number of fused-ring (bicyclic) bond motifs is 1. The number of nitrogens with zero attached hydrogens (tertiary/aromatic N) is 5. The summed E-state index contributed by atoms with van der Waals surface area (Å²) in [4.78, 5) is 11.7. The van der Waals surface area contributed by atoms with Crippen LogP contribution in [-0.4, -0.2) is 67.7 Å². The Morgan fingerprint density at radius 3 is 2.68 bits per heavy atom. The number of anilines is 2. The Morgan fingerprint density at radius 1 is 1.18 bits per heavy atom. The number of nitrogens with one attached hydrogen (secondary N) is 1. The van der Waals surface area contributed by atoms with Gasteiger partial charge in [-0.3, -0.25) is 4.90 Å². The van der Waals surface area contributed by atoms with Gasteiger partial charge in [0, 0.05) is 11.6 Å². The molecule has 9 heteroatoms. The van der Waals surface area contributed by atoms with Crippen LogP contribution in [0.25, 0.3) is 10.9 Å². The third-order valence-electron chi connectivity index (χ3n) is 7.89. The van der Waals surface area contributed by atoms with Crippen LogP contribution in [0.4, 0.5) is 11.6 Å². The van der Waals surface area contributed by atoms with Gasteiger partial charge in [-0.05, 0) is 81.8 Å². The first-order valence-electron chi connectivity index (χ1n) is 12.2. The lowest BCUT2D eigenvalue weighted by Crippen LogP contribution is -2.56. The van der Waals surface area contributed by atoms with E-state index < -0.39 is 6.10 Å². The molecule has 180 valence electrons. The highest BCUT2D eigenvalue weighted by molar-refractivity contribution is 6.32. The minimum Gasteiger partial charge on any atom is -0.389 e. The Hall–Kier alpha value is -2.26. The maximum absolute atomic E-state index is 10.4. The van der Waals surface area contributed by atoms with Crippen LogP contribution in [0.15, 0.2) is 24.5 Å². The SMILES string of the molecule is Cc1cc2cnc(Nc3cnn(C4CC4)c3Cl)nc2cc1C1CCN(C2(C)COC[C@H]2O)CC1. The number of halogens is 1. The van der Waals surface area contributed by atoms with Gasteiger partial charge in [-0.1, -0.05) is 11.6 Å². The fourth-order valence-electron chi connectivity index (χ4n) is 5.49. The monoisotopic (exact) mass is 482 g/mol. The summed E-state index contributed by atoms with van der Waals surface area (Å²) in [5.41, 5.74) is 4.02. The van der Waals surface area contributed by atoms with E-state index in [1.165, 1.54) is 11.1 Å². The van der Waals surface area contributed by atoms with Crippen molar-refractivity contribution in [2.45, 2.75) is 63.1 Å². The largest absolute Gasteiger partial charge is 0.389 e. The first kappa shape index (κ1) is 22.2. The molecule has 2 atom stereocenters.